The number of rotatable bonds is 6. The number of hydrogen-bond acceptors (Lipinski definition) is 7. The van der Waals surface area contributed by atoms with Crippen LogP contribution in [0.3, 0.4) is 0 Å². The van der Waals surface area contributed by atoms with Gasteiger partial charge in [0.2, 0.25) is 0 Å². The molecule has 0 radical (unpaired) electrons. The summed E-state index contributed by atoms with van der Waals surface area (Å²) in [7, 11) is 0. The van der Waals surface area contributed by atoms with Gasteiger partial charge in [-0.2, -0.15) is 0 Å². The van der Waals surface area contributed by atoms with Crippen molar-refractivity contribution in [2.45, 2.75) is 13.3 Å². The molecule has 120 valence electrons. The van der Waals surface area contributed by atoms with Gasteiger partial charge in [-0.1, -0.05) is 6.07 Å². The Kier molecular flexibility index (Phi) is 5.08. The number of carbonyl (C=O) groups excluding carboxylic acids is 1. The monoisotopic (exact) mass is 317 g/mol. The maximum Gasteiger partial charge on any atom is 0.358 e. The van der Waals surface area contributed by atoms with E-state index in [4.69, 9.17) is 9.84 Å². The van der Waals surface area contributed by atoms with Crippen LogP contribution in [0.4, 0.5) is 11.5 Å². The standard InChI is InChI=1S/C15H15N3O5/c1-2-23-15(22)10-4-6-13(18-17-10)16-11-7-9(8-14(20)21)3-5-12(11)19/h3-7,19H,2,8H2,1H3,(H,16,18)(H,20,21). The quantitative estimate of drug-likeness (QED) is 0.544. The smallest absolute Gasteiger partial charge is 0.358 e. The summed E-state index contributed by atoms with van der Waals surface area (Å²) < 4.78 is 4.80. The van der Waals surface area contributed by atoms with Gasteiger partial charge in [-0.15, -0.1) is 10.2 Å². The molecule has 8 nitrogen and oxygen atoms in total. The van der Waals surface area contributed by atoms with Crippen molar-refractivity contribution in [1.29, 1.82) is 0 Å². The second-order valence-corrected chi connectivity index (χ2v) is 4.57. The summed E-state index contributed by atoms with van der Waals surface area (Å²) in [4.78, 5) is 22.2. The third-order valence-electron chi connectivity index (χ3n) is 2.83. The predicted molar refractivity (Wildman–Crippen MR) is 80.7 cm³/mol. The molecule has 8 heteroatoms. The molecule has 0 aliphatic heterocycles. The van der Waals surface area contributed by atoms with E-state index in [2.05, 4.69) is 15.5 Å². The average molecular weight is 317 g/mol. The summed E-state index contributed by atoms with van der Waals surface area (Å²) >= 11 is 0. The molecule has 0 aliphatic rings. The van der Waals surface area contributed by atoms with Gasteiger partial charge in [0.25, 0.3) is 0 Å². The van der Waals surface area contributed by atoms with Crippen LogP contribution in [0.15, 0.2) is 30.3 Å². The van der Waals surface area contributed by atoms with E-state index in [0.29, 0.717) is 17.1 Å². The van der Waals surface area contributed by atoms with Gasteiger partial charge in [0, 0.05) is 0 Å². The lowest BCUT2D eigenvalue weighted by molar-refractivity contribution is -0.136. The minimum Gasteiger partial charge on any atom is -0.506 e. The number of phenols is 1. The van der Waals surface area contributed by atoms with E-state index in [1.54, 1.807) is 6.92 Å². The maximum atomic E-state index is 11.5. The highest BCUT2D eigenvalue weighted by atomic mass is 16.5. The largest absolute Gasteiger partial charge is 0.506 e. The van der Waals surface area contributed by atoms with Crippen LogP contribution < -0.4 is 5.32 Å². The van der Waals surface area contributed by atoms with Gasteiger partial charge in [0.15, 0.2) is 11.5 Å². The van der Waals surface area contributed by atoms with Crippen LogP contribution in [-0.2, 0) is 16.0 Å². The van der Waals surface area contributed by atoms with Crippen LogP contribution in [0.25, 0.3) is 0 Å². The van der Waals surface area contributed by atoms with Crippen molar-refractivity contribution in [3.63, 3.8) is 0 Å². The summed E-state index contributed by atoms with van der Waals surface area (Å²) in [5, 5.41) is 29.0. The van der Waals surface area contributed by atoms with Crippen LogP contribution in [0.2, 0.25) is 0 Å². The van der Waals surface area contributed by atoms with E-state index >= 15 is 0 Å². The molecule has 1 aromatic carbocycles. The predicted octanol–water partition coefficient (Wildman–Crippen LogP) is 1.73. The van der Waals surface area contributed by atoms with Gasteiger partial charge in [0.05, 0.1) is 18.7 Å². The molecule has 2 aromatic rings. The number of benzene rings is 1. The van der Waals surface area contributed by atoms with Gasteiger partial charge in [-0.25, -0.2) is 4.79 Å². The Labute approximate surface area is 131 Å². The number of esters is 1. The number of ether oxygens (including phenoxy) is 1. The van der Waals surface area contributed by atoms with Crippen molar-refractivity contribution in [3.8, 4) is 5.75 Å². The molecule has 0 saturated heterocycles. The fourth-order valence-electron chi connectivity index (χ4n) is 1.82. The molecule has 0 amide bonds. The first kappa shape index (κ1) is 16.2. The summed E-state index contributed by atoms with van der Waals surface area (Å²) in [6, 6.07) is 7.35. The normalized spacial score (nSPS) is 10.1. The van der Waals surface area contributed by atoms with Crippen molar-refractivity contribution < 1.29 is 24.5 Å². The fraction of sp³-hybridized carbons (Fsp3) is 0.200. The van der Waals surface area contributed by atoms with E-state index in [-0.39, 0.29) is 24.5 Å². The van der Waals surface area contributed by atoms with Crippen molar-refractivity contribution >= 4 is 23.4 Å². The highest BCUT2D eigenvalue weighted by Gasteiger charge is 2.10. The van der Waals surface area contributed by atoms with Crippen LogP contribution in [0.1, 0.15) is 23.0 Å². The zero-order chi connectivity index (χ0) is 16.8. The average Bonchev–Trinajstić information content (AvgIpc) is 2.51. The number of aliphatic carboxylic acids is 1. The first-order chi connectivity index (χ1) is 11.0. The summed E-state index contributed by atoms with van der Waals surface area (Å²) in [6.07, 6.45) is -0.164. The molecule has 23 heavy (non-hydrogen) atoms. The Morgan fingerprint density at radius 3 is 2.61 bits per heavy atom. The number of carboxylic acid groups (broad SMARTS) is 1. The van der Waals surface area contributed by atoms with Crippen molar-refractivity contribution in [3.05, 3.63) is 41.6 Å². The van der Waals surface area contributed by atoms with Crippen molar-refractivity contribution in [2.24, 2.45) is 0 Å². The van der Waals surface area contributed by atoms with Gasteiger partial charge in [-0.05, 0) is 36.8 Å². The Morgan fingerprint density at radius 1 is 1.22 bits per heavy atom. The zero-order valence-corrected chi connectivity index (χ0v) is 12.3. The molecule has 0 unspecified atom stereocenters. The summed E-state index contributed by atoms with van der Waals surface area (Å²) in [5.41, 5.74) is 0.886. The molecule has 3 N–H and O–H groups in total. The minimum atomic E-state index is -0.972. The molecule has 0 bridgehead atoms. The number of nitrogens with zero attached hydrogens (tertiary/aromatic N) is 2. The molecule has 2 rings (SSSR count). The van der Waals surface area contributed by atoms with Crippen molar-refractivity contribution in [2.75, 3.05) is 11.9 Å². The summed E-state index contributed by atoms with van der Waals surface area (Å²) in [6.45, 7) is 1.93. The van der Waals surface area contributed by atoms with E-state index in [0.717, 1.165) is 0 Å². The summed E-state index contributed by atoms with van der Waals surface area (Å²) in [5.74, 6) is -1.31. The molecule has 0 fully saturated rings. The van der Waals surface area contributed by atoms with Gasteiger partial charge < -0.3 is 20.3 Å². The highest BCUT2D eigenvalue weighted by molar-refractivity contribution is 5.87. The van der Waals surface area contributed by atoms with Crippen LogP contribution in [0.5, 0.6) is 5.75 Å². The number of carbonyl (C=O) groups is 2. The fourth-order valence-corrected chi connectivity index (χ4v) is 1.82. The molecule has 0 saturated carbocycles. The molecule has 0 spiro atoms. The van der Waals surface area contributed by atoms with E-state index in [1.807, 2.05) is 0 Å². The van der Waals surface area contributed by atoms with Gasteiger partial charge in [0.1, 0.15) is 5.75 Å². The lowest BCUT2D eigenvalue weighted by atomic mass is 10.1. The molecular formula is C15H15N3O5. The molecule has 1 aromatic heterocycles. The first-order valence-corrected chi connectivity index (χ1v) is 6.81. The molecule has 0 atom stereocenters. The lowest BCUT2D eigenvalue weighted by Gasteiger charge is -2.09. The number of carboxylic acids is 1. The van der Waals surface area contributed by atoms with Crippen LogP contribution in [0, 0.1) is 0 Å². The number of nitrogens with one attached hydrogen (secondary N) is 1. The Balaban J connectivity index is 2.15. The third kappa shape index (κ3) is 4.40. The van der Waals surface area contributed by atoms with Crippen molar-refractivity contribution in [1.82, 2.24) is 10.2 Å². The highest BCUT2D eigenvalue weighted by Crippen LogP contribution is 2.27. The van der Waals surface area contributed by atoms with E-state index in [1.165, 1.54) is 30.3 Å². The lowest BCUT2D eigenvalue weighted by Crippen LogP contribution is -2.08. The number of aromatic hydroxyl groups is 1. The van der Waals surface area contributed by atoms with Crippen LogP contribution in [-0.4, -0.2) is 39.0 Å². The third-order valence-corrected chi connectivity index (χ3v) is 2.83. The number of phenolic OH excluding ortho intramolecular Hbond substituents is 1. The first-order valence-electron chi connectivity index (χ1n) is 6.81. The Morgan fingerprint density at radius 2 is 2.00 bits per heavy atom. The minimum absolute atomic E-state index is 0.0598. The van der Waals surface area contributed by atoms with Gasteiger partial charge >= 0.3 is 11.9 Å². The molecular weight excluding hydrogens is 302 g/mol. The topological polar surface area (TPSA) is 122 Å². The SMILES string of the molecule is CCOC(=O)c1ccc(Nc2cc(CC(=O)O)ccc2O)nn1. The van der Waals surface area contributed by atoms with Gasteiger partial charge in [-0.3, -0.25) is 4.79 Å². The van der Waals surface area contributed by atoms with E-state index < -0.39 is 11.9 Å². The number of anilines is 2. The Hall–Kier alpha value is -3.16. The van der Waals surface area contributed by atoms with Crippen LogP contribution >= 0.6 is 0 Å². The zero-order valence-electron chi connectivity index (χ0n) is 12.3. The maximum absolute atomic E-state index is 11.5. The molecule has 1 heterocycles. The molecule has 0 aliphatic carbocycles. The second-order valence-electron chi connectivity index (χ2n) is 4.57. The Bertz CT molecular complexity index is 716. The second kappa shape index (κ2) is 7.21. The van der Waals surface area contributed by atoms with E-state index in [9.17, 15) is 14.7 Å². The number of aromatic nitrogens is 2. The number of hydrogen-bond donors (Lipinski definition) is 3.